The molecule has 0 saturated carbocycles. The number of halogens is 1. The van der Waals surface area contributed by atoms with Crippen molar-refractivity contribution < 1.29 is 19.2 Å². The van der Waals surface area contributed by atoms with Crippen molar-refractivity contribution in [3.63, 3.8) is 0 Å². The maximum Gasteiger partial charge on any atom is 0.270 e. The van der Waals surface area contributed by atoms with Crippen LogP contribution in [0.5, 0.6) is 5.88 Å². The van der Waals surface area contributed by atoms with Crippen molar-refractivity contribution in [1.82, 2.24) is 4.98 Å². The molecule has 27 heavy (non-hydrogen) atoms. The van der Waals surface area contributed by atoms with Gasteiger partial charge in [0.25, 0.3) is 11.6 Å². The van der Waals surface area contributed by atoms with Gasteiger partial charge in [-0.05, 0) is 12.1 Å². The number of ether oxygens (including phenoxy) is 2. The third-order valence-corrected chi connectivity index (χ3v) is 4.09. The fraction of sp³-hybridized carbons (Fsp3) is 0.235. The maximum absolute atomic E-state index is 12.4. The molecule has 138 valence electrons. The Morgan fingerprint density at radius 1 is 1.48 bits per heavy atom. The minimum absolute atomic E-state index is 0.0298. The fourth-order valence-electron chi connectivity index (χ4n) is 2.44. The lowest BCUT2D eigenvalue weighted by molar-refractivity contribution is -0.384. The van der Waals surface area contributed by atoms with Crippen molar-refractivity contribution in [1.29, 1.82) is 5.26 Å². The Morgan fingerprint density at radius 2 is 2.30 bits per heavy atom. The van der Waals surface area contributed by atoms with E-state index >= 15 is 0 Å². The molecule has 2 aromatic rings. The monoisotopic (exact) mass is 388 g/mol. The van der Waals surface area contributed by atoms with E-state index in [4.69, 9.17) is 26.3 Å². The number of benzene rings is 1. The molecule has 1 aliphatic rings. The van der Waals surface area contributed by atoms with Gasteiger partial charge < -0.3 is 14.8 Å². The van der Waals surface area contributed by atoms with Gasteiger partial charge in [0.15, 0.2) is 0 Å². The molecule has 1 aromatic carbocycles. The molecule has 1 N–H and O–H groups in total. The van der Waals surface area contributed by atoms with E-state index in [1.807, 2.05) is 6.07 Å². The summed E-state index contributed by atoms with van der Waals surface area (Å²) in [5.74, 6) is -0.359. The molecular formula is C17H13ClN4O5. The van der Waals surface area contributed by atoms with Crippen LogP contribution in [0.3, 0.4) is 0 Å². The molecule has 0 radical (unpaired) electrons. The van der Waals surface area contributed by atoms with Crippen LogP contribution < -0.4 is 10.1 Å². The minimum atomic E-state index is -0.621. The Balaban J connectivity index is 1.75. The van der Waals surface area contributed by atoms with E-state index in [1.165, 1.54) is 24.4 Å². The predicted octanol–water partition coefficient (Wildman–Crippen LogP) is 2.93. The molecule has 1 amide bonds. The molecule has 1 aliphatic heterocycles. The Bertz CT molecular complexity index is 937. The van der Waals surface area contributed by atoms with E-state index in [-0.39, 0.29) is 39.5 Å². The van der Waals surface area contributed by atoms with Crippen LogP contribution in [0.25, 0.3) is 0 Å². The van der Waals surface area contributed by atoms with E-state index in [0.29, 0.717) is 13.2 Å². The van der Waals surface area contributed by atoms with Crippen molar-refractivity contribution in [2.24, 2.45) is 0 Å². The van der Waals surface area contributed by atoms with Crippen LogP contribution in [0.4, 0.5) is 11.4 Å². The molecule has 1 saturated heterocycles. The standard InChI is InChI=1S/C17H13ClN4O5/c18-14-6-11(8-20-17(14)27-13-3-4-26-9-13)16(23)21-15-2-1-12(22(24)25)5-10(15)7-19/h1-2,5-6,8,13H,3-4,9H2,(H,21,23). The first-order chi connectivity index (χ1) is 13.0. The van der Waals surface area contributed by atoms with Crippen LogP contribution >= 0.6 is 11.6 Å². The number of rotatable bonds is 5. The molecule has 1 unspecified atom stereocenters. The summed E-state index contributed by atoms with van der Waals surface area (Å²) in [5, 5.41) is 22.6. The zero-order chi connectivity index (χ0) is 19.4. The molecule has 1 aromatic heterocycles. The first kappa shape index (κ1) is 18.6. The topological polar surface area (TPSA) is 127 Å². The normalized spacial score (nSPS) is 15.8. The van der Waals surface area contributed by atoms with E-state index < -0.39 is 10.8 Å². The molecule has 0 bridgehead atoms. The van der Waals surface area contributed by atoms with E-state index in [1.54, 1.807) is 0 Å². The summed E-state index contributed by atoms with van der Waals surface area (Å²) in [6, 6.07) is 6.79. The number of pyridine rings is 1. The number of amides is 1. The van der Waals surface area contributed by atoms with Gasteiger partial charge in [0.05, 0.1) is 35.0 Å². The van der Waals surface area contributed by atoms with E-state index in [2.05, 4.69) is 10.3 Å². The van der Waals surface area contributed by atoms with E-state index in [9.17, 15) is 14.9 Å². The van der Waals surface area contributed by atoms with Crippen molar-refractivity contribution in [3.05, 3.63) is 56.7 Å². The summed E-state index contributed by atoms with van der Waals surface area (Å²) in [7, 11) is 0. The fourth-order valence-corrected chi connectivity index (χ4v) is 2.65. The number of carbonyl (C=O) groups excluding carboxylic acids is 1. The highest BCUT2D eigenvalue weighted by Crippen LogP contribution is 2.26. The van der Waals surface area contributed by atoms with Gasteiger partial charge >= 0.3 is 0 Å². The number of aromatic nitrogens is 1. The van der Waals surface area contributed by atoms with Gasteiger partial charge in [0.2, 0.25) is 5.88 Å². The first-order valence-corrected chi connectivity index (χ1v) is 8.25. The van der Waals surface area contributed by atoms with Crippen LogP contribution in [0.1, 0.15) is 22.3 Å². The Hall–Kier alpha value is -3.22. The average molecular weight is 389 g/mol. The van der Waals surface area contributed by atoms with Crippen LogP contribution in [0.15, 0.2) is 30.5 Å². The smallest absolute Gasteiger partial charge is 0.270 e. The Kier molecular flexibility index (Phi) is 5.49. The van der Waals surface area contributed by atoms with Gasteiger partial charge in [0.1, 0.15) is 17.2 Å². The largest absolute Gasteiger partial charge is 0.471 e. The van der Waals surface area contributed by atoms with Crippen molar-refractivity contribution >= 4 is 28.9 Å². The third kappa shape index (κ3) is 4.31. The molecule has 2 heterocycles. The highest BCUT2D eigenvalue weighted by Gasteiger charge is 2.20. The molecular weight excluding hydrogens is 376 g/mol. The molecule has 10 heteroatoms. The van der Waals surface area contributed by atoms with Crippen molar-refractivity contribution in [2.75, 3.05) is 18.5 Å². The van der Waals surface area contributed by atoms with Crippen molar-refractivity contribution in [2.45, 2.75) is 12.5 Å². The predicted molar refractivity (Wildman–Crippen MR) is 94.9 cm³/mol. The van der Waals surface area contributed by atoms with Gasteiger partial charge in [0, 0.05) is 24.8 Å². The quantitative estimate of drug-likeness (QED) is 0.616. The third-order valence-electron chi connectivity index (χ3n) is 3.82. The summed E-state index contributed by atoms with van der Waals surface area (Å²) in [6.45, 7) is 1.07. The second kappa shape index (κ2) is 7.99. The second-order valence-electron chi connectivity index (χ2n) is 5.67. The highest BCUT2D eigenvalue weighted by atomic mass is 35.5. The van der Waals surface area contributed by atoms with Gasteiger partial charge in [-0.15, -0.1) is 0 Å². The zero-order valence-corrected chi connectivity index (χ0v) is 14.6. The van der Waals surface area contributed by atoms with Crippen LogP contribution in [0.2, 0.25) is 5.02 Å². The molecule has 0 aliphatic carbocycles. The number of hydrogen-bond donors (Lipinski definition) is 1. The number of carbonyl (C=O) groups is 1. The lowest BCUT2D eigenvalue weighted by atomic mass is 10.1. The van der Waals surface area contributed by atoms with Gasteiger partial charge in [-0.3, -0.25) is 14.9 Å². The van der Waals surface area contributed by atoms with Gasteiger partial charge in [-0.25, -0.2) is 4.98 Å². The number of nitriles is 1. The number of nitro benzene ring substituents is 1. The Labute approximate surface area is 158 Å². The molecule has 1 atom stereocenters. The van der Waals surface area contributed by atoms with Crippen LogP contribution in [0, 0.1) is 21.4 Å². The average Bonchev–Trinajstić information content (AvgIpc) is 3.16. The highest BCUT2D eigenvalue weighted by molar-refractivity contribution is 6.32. The molecule has 0 spiro atoms. The van der Waals surface area contributed by atoms with Crippen molar-refractivity contribution in [3.8, 4) is 11.9 Å². The zero-order valence-electron chi connectivity index (χ0n) is 13.8. The first-order valence-electron chi connectivity index (χ1n) is 7.88. The molecule has 3 rings (SSSR count). The summed E-state index contributed by atoms with van der Waals surface area (Å²) < 4.78 is 10.8. The summed E-state index contributed by atoms with van der Waals surface area (Å²) in [4.78, 5) is 26.6. The lowest BCUT2D eigenvalue weighted by Gasteiger charge is -2.13. The number of hydrogen-bond acceptors (Lipinski definition) is 7. The Morgan fingerprint density at radius 3 is 2.93 bits per heavy atom. The number of anilines is 1. The number of nitrogens with one attached hydrogen (secondary N) is 1. The number of nitrogens with zero attached hydrogens (tertiary/aromatic N) is 3. The summed E-state index contributed by atoms with van der Waals surface area (Å²) in [5.41, 5.74) is 0.0226. The minimum Gasteiger partial charge on any atom is -0.471 e. The maximum atomic E-state index is 12.4. The molecule has 1 fully saturated rings. The molecule has 9 nitrogen and oxygen atoms in total. The van der Waals surface area contributed by atoms with E-state index in [0.717, 1.165) is 12.5 Å². The second-order valence-corrected chi connectivity index (χ2v) is 6.07. The lowest BCUT2D eigenvalue weighted by Crippen LogP contribution is -2.17. The van der Waals surface area contributed by atoms with Gasteiger partial charge in [-0.1, -0.05) is 11.6 Å². The SMILES string of the molecule is N#Cc1cc([N+](=O)[O-])ccc1NC(=O)c1cnc(OC2CCOC2)c(Cl)c1. The summed E-state index contributed by atoms with van der Waals surface area (Å²) >= 11 is 6.13. The van der Waals surface area contributed by atoms with Crippen LogP contribution in [-0.2, 0) is 4.74 Å². The number of nitro groups is 1. The number of non-ortho nitro benzene ring substituents is 1. The van der Waals surface area contributed by atoms with Crippen LogP contribution in [-0.4, -0.2) is 35.1 Å². The van der Waals surface area contributed by atoms with Gasteiger partial charge in [-0.2, -0.15) is 5.26 Å². The summed E-state index contributed by atoms with van der Waals surface area (Å²) in [6.07, 6.45) is 1.90.